The van der Waals surface area contributed by atoms with Crippen LogP contribution in [0, 0.1) is 6.92 Å². The highest BCUT2D eigenvalue weighted by Crippen LogP contribution is 2.28. The number of hydrogen-bond donors (Lipinski definition) is 1. The number of fused-ring (bicyclic) bond motifs is 3. The third-order valence-electron chi connectivity index (χ3n) is 5.09. The zero-order valence-electron chi connectivity index (χ0n) is 16.2. The van der Waals surface area contributed by atoms with Crippen molar-refractivity contribution in [2.24, 2.45) is 0 Å². The Bertz CT molecular complexity index is 1290. The SMILES string of the molecule is Cc1cccc(-c2nnn3c2nc(NCCc2ccccc2)c2ccccc23)c1. The van der Waals surface area contributed by atoms with Gasteiger partial charge in [0.25, 0.3) is 0 Å². The van der Waals surface area contributed by atoms with Crippen LogP contribution in [0.5, 0.6) is 0 Å². The van der Waals surface area contributed by atoms with Crippen LogP contribution >= 0.6 is 0 Å². The second kappa shape index (κ2) is 7.36. The van der Waals surface area contributed by atoms with Gasteiger partial charge in [-0.15, -0.1) is 5.10 Å². The minimum Gasteiger partial charge on any atom is -0.369 e. The van der Waals surface area contributed by atoms with Crippen LogP contribution in [-0.2, 0) is 6.42 Å². The third kappa shape index (κ3) is 3.31. The number of hydrogen-bond acceptors (Lipinski definition) is 4. The minimum atomic E-state index is 0.761. The van der Waals surface area contributed by atoms with Gasteiger partial charge in [-0.3, -0.25) is 0 Å². The van der Waals surface area contributed by atoms with E-state index in [0.717, 1.165) is 46.6 Å². The Balaban J connectivity index is 1.57. The largest absolute Gasteiger partial charge is 0.369 e. The molecule has 0 amide bonds. The van der Waals surface area contributed by atoms with Crippen molar-refractivity contribution >= 4 is 22.4 Å². The summed E-state index contributed by atoms with van der Waals surface area (Å²) in [4.78, 5) is 4.93. The van der Waals surface area contributed by atoms with E-state index in [1.807, 2.05) is 28.8 Å². The normalized spacial score (nSPS) is 11.2. The molecule has 5 heteroatoms. The van der Waals surface area contributed by atoms with Crippen LogP contribution in [0.1, 0.15) is 11.1 Å². The maximum absolute atomic E-state index is 4.93. The van der Waals surface area contributed by atoms with Gasteiger partial charge in [0.05, 0.1) is 5.52 Å². The van der Waals surface area contributed by atoms with Crippen LogP contribution in [0.3, 0.4) is 0 Å². The first-order valence-corrected chi connectivity index (χ1v) is 9.78. The van der Waals surface area contributed by atoms with Crippen molar-refractivity contribution in [3.63, 3.8) is 0 Å². The van der Waals surface area contributed by atoms with Crippen molar-refractivity contribution in [2.45, 2.75) is 13.3 Å². The first-order chi connectivity index (χ1) is 14.3. The van der Waals surface area contributed by atoms with Crippen LogP contribution in [0.15, 0.2) is 78.9 Å². The lowest BCUT2D eigenvalue weighted by molar-refractivity contribution is 0.876. The summed E-state index contributed by atoms with van der Waals surface area (Å²) in [5.74, 6) is 0.861. The Morgan fingerprint density at radius 2 is 1.72 bits per heavy atom. The molecule has 142 valence electrons. The summed E-state index contributed by atoms with van der Waals surface area (Å²) in [7, 11) is 0. The van der Waals surface area contributed by atoms with E-state index >= 15 is 0 Å². The Hall–Kier alpha value is -3.73. The molecule has 0 unspecified atom stereocenters. The summed E-state index contributed by atoms with van der Waals surface area (Å²) >= 11 is 0. The highest BCUT2D eigenvalue weighted by Gasteiger charge is 2.15. The summed E-state index contributed by atoms with van der Waals surface area (Å²) in [5.41, 5.74) is 6.06. The molecule has 0 aliphatic rings. The van der Waals surface area contributed by atoms with Crippen molar-refractivity contribution in [3.05, 3.63) is 90.0 Å². The van der Waals surface area contributed by atoms with E-state index in [0.29, 0.717) is 0 Å². The number of benzene rings is 3. The summed E-state index contributed by atoms with van der Waals surface area (Å²) in [6.45, 7) is 2.88. The number of aryl methyl sites for hydroxylation is 1. The molecule has 0 bridgehead atoms. The zero-order chi connectivity index (χ0) is 19.6. The molecule has 3 aromatic carbocycles. The lowest BCUT2D eigenvalue weighted by Crippen LogP contribution is -2.08. The Morgan fingerprint density at radius 1 is 0.897 bits per heavy atom. The van der Waals surface area contributed by atoms with Crippen molar-refractivity contribution in [2.75, 3.05) is 11.9 Å². The van der Waals surface area contributed by atoms with Gasteiger partial charge in [0.1, 0.15) is 11.5 Å². The molecule has 2 aromatic heterocycles. The molecular weight excluding hydrogens is 358 g/mol. The first-order valence-electron chi connectivity index (χ1n) is 9.78. The molecule has 0 aliphatic heterocycles. The average molecular weight is 379 g/mol. The third-order valence-corrected chi connectivity index (χ3v) is 5.09. The molecule has 29 heavy (non-hydrogen) atoms. The van der Waals surface area contributed by atoms with E-state index in [2.05, 4.69) is 77.1 Å². The van der Waals surface area contributed by atoms with Crippen LogP contribution in [0.4, 0.5) is 5.82 Å². The van der Waals surface area contributed by atoms with E-state index in [-0.39, 0.29) is 0 Å². The average Bonchev–Trinajstić information content (AvgIpc) is 3.19. The molecule has 5 nitrogen and oxygen atoms in total. The smallest absolute Gasteiger partial charge is 0.186 e. The van der Waals surface area contributed by atoms with E-state index in [9.17, 15) is 0 Å². The van der Waals surface area contributed by atoms with Gasteiger partial charge in [-0.1, -0.05) is 71.4 Å². The van der Waals surface area contributed by atoms with Crippen molar-refractivity contribution in [1.29, 1.82) is 0 Å². The predicted molar refractivity (Wildman–Crippen MR) is 117 cm³/mol. The first kappa shape index (κ1) is 17.4. The van der Waals surface area contributed by atoms with Gasteiger partial charge < -0.3 is 5.32 Å². The second-order valence-electron chi connectivity index (χ2n) is 7.18. The fourth-order valence-electron chi connectivity index (χ4n) is 3.65. The van der Waals surface area contributed by atoms with Crippen molar-refractivity contribution in [3.8, 4) is 11.3 Å². The van der Waals surface area contributed by atoms with Gasteiger partial charge in [0.15, 0.2) is 5.65 Å². The molecule has 0 fully saturated rings. The Labute approximate surface area is 169 Å². The number of para-hydroxylation sites is 1. The summed E-state index contributed by atoms with van der Waals surface area (Å²) < 4.78 is 1.83. The van der Waals surface area contributed by atoms with Crippen LogP contribution in [0.25, 0.3) is 27.8 Å². The molecular formula is C24H21N5. The number of anilines is 1. The lowest BCUT2D eigenvalue weighted by Gasteiger charge is -2.10. The Kier molecular flexibility index (Phi) is 4.41. The fraction of sp³-hybridized carbons (Fsp3) is 0.125. The molecule has 5 rings (SSSR count). The monoisotopic (exact) mass is 379 g/mol. The molecule has 5 aromatic rings. The molecule has 0 radical (unpaired) electrons. The lowest BCUT2D eigenvalue weighted by atomic mass is 10.1. The Morgan fingerprint density at radius 3 is 2.59 bits per heavy atom. The number of aromatic nitrogens is 4. The standard InChI is InChI=1S/C24H21N5/c1-17-8-7-11-19(16-17)22-24-26-23(25-15-14-18-9-3-2-4-10-18)20-12-5-6-13-21(20)29(24)28-27-22/h2-13,16H,14-15H2,1H3,(H,25,26). The molecule has 0 spiro atoms. The molecule has 0 saturated heterocycles. The number of rotatable bonds is 5. The zero-order valence-corrected chi connectivity index (χ0v) is 16.2. The summed E-state index contributed by atoms with van der Waals surface area (Å²) in [5, 5.41) is 13.4. The minimum absolute atomic E-state index is 0.761. The van der Waals surface area contributed by atoms with Crippen LogP contribution < -0.4 is 5.32 Å². The van der Waals surface area contributed by atoms with Gasteiger partial charge in [0, 0.05) is 17.5 Å². The molecule has 2 heterocycles. The van der Waals surface area contributed by atoms with E-state index in [4.69, 9.17) is 4.98 Å². The van der Waals surface area contributed by atoms with Crippen LogP contribution in [-0.4, -0.2) is 26.4 Å². The van der Waals surface area contributed by atoms with E-state index < -0.39 is 0 Å². The van der Waals surface area contributed by atoms with Crippen molar-refractivity contribution < 1.29 is 0 Å². The van der Waals surface area contributed by atoms with Gasteiger partial charge >= 0.3 is 0 Å². The second-order valence-corrected chi connectivity index (χ2v) is 7.18. The van der Waals surface area contributed by atoms with Gasteiger partial charge in [-0.25, -0.2) is 4.98 Å². The molecule has 0 aliphatic carbocycles. The van der Waals surface area contributed by atoms with Gasteiger partial charge in [0.2, 0.25) is 0 Å². The van der Waals surface area contributed by atoms with Crippen LogP contribution in [0.2, 0.25) is 0 Å². The predicted octanol–water partition coefficient (Wildman–Crippen LogP) is 4.91. The molecule has 1 N–H and O–H groups in total. The number of nitrogens with zero attached hydrogens (tertiary/aromatic N) is 4. The fourth-order valence-corrected chi connectivity index (χ4v) is 3.65. The van der Waals surface area contributed by atoms with Gasteiger partial charge in [-0.05, 0) is 37.1 Å². The topological polar surface area (TPSA) is 55.1 Å². The highest BCUT2D eigenvalue weighted by molar-refractivity contribution is 5.93. The highest BCUT2D eigenvalue weighted by atomic mass is 15.4. The number of nitrogens with one attached hydrogen (secondary N) is 1. The maximum Gasteiger partial charge on any atom is 0.186 e. The van der Waals surface area contributed by atoms with E-state index in [1.54, 1.807) is 0 Å². The summed E-state index contributed by atoms with van der Waals surface area (Å²) in [6.07, 6.45) is 0.935. The maximum atomic E-state index is 4.93. The van der Waals surface area contributed by atoms with Gasteiger partial charge in [-0.2, -0.15) is 4.52 Å². The van der Waals surface area contributed by atoms with E-state index in [1.165, 1.54) is 11.1 Å². The molecule has 0 atom stereocenters. The van der Waals surface area contributed by atoms with Crippen molar-refractivity contribution in [1.82, 2.24) is 19.8 Å². The molecule has 0 saturated carbocycles. The summed E-state index contributed by atoms with van der Waals surface area (Å²) in [6, 6.07) is 26.9. The quantitative estimate of drug-likeness (QED) is 0.471.